The van der Waals surface area contributed by atoms with Gasteiger partial charge in [-0.3, -0.25) is 0 Å². The lowest BCUT2D eigenvalue weighted by Crippen LogP contribution is -2.35. The molecule has 1 rings (SSSR count). The van der Waals surface area contributed by atoms with Crippen LogP contribution in [-0.4, -0.2) is 18.6 Å². The van der Waals surface area contributed by atoms with Gasteiger partial charge >= 0.3 is 0 Å². The molecule has 1 saturated carbocycles. The SMILES string of the molecule is C=CCNCC1(N)CC1. The Morgan fingerprint density at radius 2 is 2.33 bits per heavy atom. The minimum Gasteiger partial charge on any atom is -0.324 e. The summed E-state index contributed by atoms with van der Waals surface area (Å²) in [7, 11) is 0. The van der Waals surface area contributed by atoms with Crippen molar-refractivity contribution >= 4 is 0 Å². The second kappa shape index (κ2) is 2.50. The largest absolute Gasteiger partial charge is 0.324 e. The molecule has 0 atom stereocenters. The molecule has 2 nitrogen and oxygen atoms in total. The van der Waals surface area contributed by atoms with E-state index in [1.165, 1.54) is 12.8 Å². The first-order valence-corrected chi connectivity index (χ1v) is 3.37. The highest BCUT2D eigenvalue weighted by atomic mass is 15.0. The van der Waals surface area contributed by atoms with E-state index in [-0.39, 0.29) is 5.54 Å². The van der Waals surface area contributed by atoms with Crippen molar-refractivity contribution in [2.45, 2.75) is 18.4 Å². The van der Waals surface area contributed by atoms with Gasteiger partial charge in [0, 0.05) is 18.6 Å². The lowest BCUT2D eigenvalue weighted by molar-refractivity contribution is 0.596. The molecule has 2 heteroatoms. The smallest absolute Gasteiger partial charge is 0.0282 e. The summed E-state index contributed by atoms with van der Waals surface area (Å²) in [4.78, 5) is 0. The third-order valence-electron chi connectivity index (χ3n) is 1.66. The molecule has 1 fully saturated rings. The number of hydrogen-bond acceptors (Lipinski definition) is 2. The molecule has 0 aliphatic heterocycles. The Labute approximate surface area is 56.1 Å². The summed E-state index contributed by atoms with van der Waals surface area (Å²) in [6.45, 7) is 5.41. The molecular formula is C7H14N2. The average Bonchev–Trinajstić information content (AvgIpc) is 2.50. The van der Waals surface area contributed by atoms with E-state index in [1.54, 1.807) is 0 Å². The summed E-state index contributed by atoms with van der Waals surface area (Å²) in [5, 5.41) is 3.19. The van der Waals surface area contributed by atoms with Crippen LogP contribution in [0.4, 0.5) is 0 Å². The first-order valence-electron chi connectivity index (χ1n) is 3.37. The normalized spacial score (nSPS) is 21.4. The maximum atomic E-state index is 5.79. The zero-order valence-electron chi connectivity index (χ0n) is 5.69. The standard InChI is InChI=1S/C7H14N2/c1-2-5-9-6-7(8)3-4-7/h2,9H,1,3-6,8H2. The molecule has 3 N–H and O–H groups in total. The highest BCUT2D eigenvalue weighted by Gasteiger charge is 2.37. The van der Waals surface area contributed by atoms with Gasteiger partial charge in [-0.15, -0.1) is 6.58 Å². The summed E-state index contributed by atoms with van der Waals surface area (Å²) in [5.74, 6) is 0. The maximum absolute atomic E-state index is 5.79. The van der Waals surface area contributed by atoms with Crippen molar-refractivity contribution in [2.75, 3.05) is 13.1 Å². The quantitative estimate of drug-likeness (QED) is 0.418. The maximum Gasteiger partial charge on any atom is 0.0282 e. The van der Waals surface area contributed by atoms with E-state index in [0.29, 0.717) is 0 Å². The van der Waals surface area contributed by atoms with Gasteiger partial charge < -0.3 is 11.1 Å². The minimum atomic E-state index is 0.142. The van der Waals surface area contributed by atoms with E-state index < -0.39 is 0 Å². The van der Waals surface area contributed by atoms with Gasteiger partial charge in [0.2, 0.25) is 0 Å². The molecule has 0 unspecified atom stereocenters. The lowest BCUT2D eigenvalue weighted by Gasteiger charge is -2.06. The van der Waals surface area contributed by atoms with Crippen molar-refractivity contribution in [3.63, 3.8) is 0 Å². The second-order valence-corrected chi connectivity index (χ2v) is 2.78. The summed E-state index contributed by atoms with van der Waals surface area (Å²) in [6.07, 6.45) is 4.21. The molecule has 52 valence electrons. The van der Waals surface area contributed by atoms with Gasteiger partial charge in [-0.2, -0.15) is 0 Å². The number of hydrogen-bond donors (Lipinski definition) is 2. The lowest BCUT2D eigenvalue weighted by atomic mass is 10.3. The third-order valence-corrected chi connectivity index (χ3v) is 1.66. The molecule has 0 amide bonds. The van der Waals surface area contributed by atoms with Crippen LogP contribution in [0.25, 0.3) is 0 Å². The molecule has 9 heavy (non-hydrogen) atoms. The fourth-order valence-electron chi connectivity index (χ4n) is 0.761. The summed E-state index contributed by atoms with van der Waals surface area (Å²) in [6, 6.07) is 0. The molecular weight excluding hydrogens is 112 g/mol. The predicted octanol–water partition coefficient (Wildman–Crippen LogP) is 0.253. The Bertz CT molecular complexity index is 105. The van der Waals surface area contributed by atoms with Gasteiger partial charge in [0.25, 0.3) is 0 Å². The minimum absolute atomic E-state index is 0.142. The fraction of sp³-hybridized carbons (Fsp3) is 0.714. The van der Waals surface area contributed by atoms with E-state index in [4.69, 9.17) is 5.73 Å². The Morgan fingerprint density at radius 3 is 2.78 bits per heavy atom. The van der Waals surface area contributed by atoms with Crippen molar-refractivity contribution in [1.82, 2.24) is 5.32 Å². The van der Waals surface area contributed by atoms with Crippen molar-refractivity contribution < 1.29 is 0 Å². The van der Waals surface area contributed by atoms with Gasteiger partial charge in [-0.1, -0.05) is 6.08 Å². The Balaban J connectivity index is 1.98. The van der Waals surface area contributed by atoms with Crippen LogP contribution in [0.5, 0.6) is 0 Å². The van der Waals surface area contributed by atoms with Crippen molar-refractivity contribution in [2.24, 2.45) is 5.73 Å². The topological polar surface area (TPSA) is 38.0 Å². The Morgan fingerprint density at radius 1 is 1.67 bits per heavy atom. The van der Waals surface area contributed by atoms with Crippen molar-refractivity contribution in [1.29, 1.82) is 0 Å². The van der Waals surface area contributed by atoms with Gasteiger partial charge in [0.15, 0.2) is 0 Å². The number of nitrogens with two attached hydrogens (primary N) is 1. The van der Waals surface area contributed by atoms with Crippen molar-refractivity contribution in [3.8, 4) is 0 Å². The van der Waals surface area contributed by atoms with Crippen LogP contribution in [0.3, 0.4) is 0 Å². The van der Waals surface area contributed by atoms with E-state index >= 15 is 0 Å². The zero-order chi connectivity index (χ0) is 6.74. The monoisotopic (exact) mass is 126 g/mol. The van der Waals surface area contributed by atoms with Gasteiger partial charge in [-0.25, -0.2) is 0 Å². The van der Waals surface area contributed by atoms with E-state index in [0.717, 1.165) is 13.1 Å². The molecule has 0 aromatic heterocycles. The summed E-state index contributed by atoms with van der Waals surface area (Å²) >= 11 is 0. The van der Waals surface area contributed by atoms with Gasteiger partial charge in [0.05, 0.1) is 0 Å². The molecule has 1 aliphatic rings. The van der Waals surface area contributed by atoms with Gasteiger partial charge in [0.1, 0.15) is 0 Å². The van der Waals surface area contributed by atoms with E-state index in [1.807, 2.05) is 6.08 Å². The van der Waals surface area contributed by atoms with Crippen LogP contribution in [0.2, 0.25) is 0 Å². The molecule has 0 radical (unpaired) electrons. The third kappa shape index (κ3) is 2.16. The van der Waals surface area contributed by atoms with Crippen LogP contribution < -0.4 is 11.1 Å². The van der Waals surface area contributed by atoms with Crippen LogP contribution in [0.1, 0.15) is 12.8 Å². The zero-order valence-corrected chi connectivity index (χ0v) is 5.69. The Kier molecular flexibility index (Phi) is 1.88. The molecule has 1 aliphatic carbocycles. The highest BCUT2D eigenvalue weighted by Crippen LogP contribution is 2.30. The molecule has 0 saturated heterocycles. The van der Waals surface area contributed by atoms with E-state index in [9.17, 15) is 0 Å². The summed E-state index contributed by atoms with van der Waals surface area (Å²) in [5.41, 5.74) is 5.93. The molecule has 0 aromatic rings. The van der Waals surface area contributed by atoms with Crippen LogP contribution in [-0.2, 0) is 0 Å². The highest BCUT2D eigenvalue weighted by molar-refractivity contribution is 5.00. The van der Waals surface area contributed by atoms with E-state index in [2.05, 4.69) is 11.9 Å². The van der Waals surface area contributed by atoms with Crippen LogP contribution in [0.15, 0.2) is 12.7 Å². The van der Waals surface area contributed by atoms with Gasteiger partial charge in [-0.05, 0) is 12.8 Å². The first-order chi connectivity index (χ1) is 4.27. The second-order valence-electron chi connectivity index (χ2n) is 2.78. The van der Waals surface area contributed by atoms with Crippen molar-refractivity contribution in [3.05, 3.63) is 12.7 Å². The Hall–Kier alpha value is -0.340. The summed E-state index contributed by atoms with van der Waals surface area (Å²) < 4.78 is 0. The molecule has 0 heterocycles. The molecule has 0 aromatic carbocycles. The van der Waals surface area contributed by atoms with Crippen LogP contribution >= 0.6 is 0 Å². The molecule has 0 bridgehead atoms. The molecule has 0 spiro atoms. The first kappa shape index (κ1) is 6.78. The fourth-order valence-corrected chi connectivity index (χ4v) is 0.761. The average molecular weight is 126 g/mol. The predicted molar refractivity (Wildman–Crippen MR) is 39.2 cm³/mol. The number of nitrogens with one attached hydrogen (secondary N) is 1. The number of rotatable bonds is 4. The van der Waals surface area contributed by atoms with Crippen LogP contribution in [0, 0.1) is 0 Å².